The molecule has 0 aliphatic rings. The van der Waals surface area contributed by atoms with Gasteiger partial charge in [-0.3, -0.25) is 0 Å². The summed E-state index contributed by atoms with van der Waals surface area (Å²) in [4.78, 5) is 0. The van der Waals surface area contributed by atoms with Crippen LogP contribution in [-0.4, -0.2) is 6.61 Å². The highest BCUT2D eigenvalue weighted by molar-refractivity contribution is 4.90. The molecule has 0 rings (SSSR count). The van der Waals surface area contributed by atoms with Crippen LogP contribution in [0, 0.1) is 0 Å². The normalized spacial score (nSPS) is 11.7. The van der Waals surface area contributed by atoms with Crippen molar-refractivity contribution in [3.63, 3.8) is 0 Å². The van der Waals surface area contributed by atoms with Gasteiger partial charge in [0, 0.05) is 6.42 Å². The Hall–Kier alpha value is -0.460. The van der Waals surface area contributed by atoms with Crippen LogP contribution < -0.4 is 0 Å². The van der Waals surface area contributed by atoms with E-state index in [1.54, 1.807) is 0 Å². The first-order chi connectivity index (χ1) is 4.35. The van der Waals surface area contributed by atoms with Crippen molar-refractivity contribution >= 4 is 0 Å². The Morgan fingerprint density at radius 1 is 1.33 bits per heavy atom. The van der Waals surface area contributed by atoms with Gasteiger partial charge in [0.25, 0.3) is 0 Å². The second-order valence-electron chi connectivity index (χ2n) is 1.87. The topological polar surface area (TPSA) is 9.23 Å². The Bertz CT molecular complexity index is 84.6. The van der Waals surface area contributed by atoms with Crippen LogP contribution in [-0.2, 0) is 4.74 Å². The van der Waals surface area contributed by atoms with Gasteiger partial charge in [0.2, 0.25) is 0 Å². The van der Waals surface area contributed by atoms with Crippen LogP contribution in [0.1, 0.15) is 33.6 Å². The fourth-order valence-electron chi connectivity index (χ4n) is 0.718. The standard InChI is InChI=1S/C8H16O/c1-4-7-8(5-2)9-6-3/h7H,4-6H2,1-3H3/b8-7-. The Morgan fingerprint density at radius 2 is 2.00 bits per heavy atom. The predicted molar refractivity (Wildman–Crippen MR) is 40.3 cm³/mol. The van der Waals surface area contributed by atoms with Crippen molar-refractivity contribution in [3.05, 3.63) is 11.8 Å². The summed E-state index contributed by atoms with van der Waals surface area (Å²) in [5.41, 5.74) is 0. The molecule has 1 nitrogen and oxygen atoms in total. The largest absolute Gasteiger partial charge is 0.499 e. The summed E-state index contributed by atoms with van der Waals surface area (Å²) < 4.78 is 5.29. The van der Waals surface area contributed by atoms with Crippen molar-refractivity contribution in [1.82, 2.24) is 0 Å². The number of ether oxygens (including phenoxy) is 1. The molecule has 1 heteroatoms. The van der Waals surface area contributed by atoms with Gasteiger partial charge in [-0.2, -0.15) is 0 Å². The molecule has 0 saturated heterocycles. The molecular weight excluding hydrogens is 112 g/mol. The molecule has 0 amide bonds. The van der Waals surface area contributed by atoms with Crippen LogP contribution in [0.25, 0.3) is 0 Å². The van der Waals surface area contributed by atoms with E-state index in [2.05, 4.69) is 19.9 Å². The number of allylic oxidation sites excluding steroid dienone is 2. The lowest BCUT2D eigenvalue weighted by molar-refractivity contribution is 0.220. The SMILES string of the molecule is CC/C=C(/CC)OCC. The molecular formula is C8H16O. The zero-order chi connectivity index (χ0) is 7.11. The zero-order valence-corrected chi connectivity index (χ0v) is 6.61. The van der Waals surface area contributed by atoms with Crippen LogP contribution in [0.5, 0.6) is 0 Å². The summed E-state index contributed by atoms with van der Waals surface area (Å²) in [6.07, 6.45) is 4.22. The fourth-order valence-corrected chi connectivity index (χ4v) is 0.718. The minimum Gasteiger partial charge on any atom is -0.499 e. The highest BCUT2D eigenvalue weighted by Crippen LogP contribution is 2.02. The van der Waals surface area contributed by atoms with E-state index in [1.165, 1.54) is 0 Å². The molecule has 0 radical (unpaired) electrons. The molecule has 0 aromatic carbocycles. The fraction of sp³-hybridized carbons (Fsp3) is 0.750. The van der Waals surface area contributed by atoms with Crippen LogP contribution in [0.4, 0.5) is 0 Å². The lowest BCUT2D eigenvalue weighted by Crippen LogP contribution is -1.88. The minimum atomic E-state index is 0.791. The smallest absolute Gasteiger partial charge is 0.0916 e. The zero-order valence-electron chi connectivity index (χ0n) is 6.61. The van der Waals surface area contributed by atoms with Crippen LogP contribution in [0.3, 0.4) is 0 Å². The van der Waals surface area contributed by atoms with E-state index >= 15 is 0 Å². The molecule has 0 spiro atoms. The number of rotatable bonds is 4. The first-order valence-electron chi connectivity index (χ1n) is 3.66. The maximum absolute atomic E-state index is 5.29. The molecule has 0 N–H and O–H groups in total. The van der Waals surface area contributed by atoms with E-state index in [0.717, 1.165) is 25.2 Å². The molecule has 0 fully saturated rings. The average Bonchev–Trinajstić information content (AvgIpc) is 1.88. The summed E-state index contributed by atoms with van der Waals surface area (Å²) in [6.45, 7) is 7.03. The van der Waals surface area contributed by atoms with E-state index < -0.39 is 0 Å². The van der Waals surface area contributed by atoms with Gasteiger partial charge >= 0.3 is 0 Å². The molecule has 0 heterocycles. The van der Waals surface area contributed by atoms with E-state index in [4.69, 9.17) is 4.74 Å². The summed E-state index contributed by atoms with van der Waals surface area (Å²) in [6, 6.07) is 0. The number of hydrogen-bond donors (Lipinski definition) is 0. The lowest BCUT2D eigenvalue weighted by Gasteiger charge is -2.03. The molecule has 0 aromatic rings. The molecule has 0 aromatic heterocycles. The number of hydrogen-bond acceptors (Lipinski definition) is 1. The Balaban J connectivity index is 3.53. The molecule has 0 saturated carbocycles. The first kappa shape index (κ1) is 8.54. The summed E-state index contributed by atoms with van der Waals surface area (Å²) in [7, 11) is 0. The predicted octanol–water partition coefficient (Wildman–Crippen LogP) is 2.73. The molecule has 0 atom stereocenters. The van der Waals surface area contributed by atoms with E-state index in [0.29, 0.717) is 0 Å². The lowest BCUT2D eigenvalue weighted by atomic mass is 10.3. The van der Waals surface area contributed by atoms with Crippen molar-refractivity contribution in [3.8, 4) is 0 Å². The molecule has 9 heavy (non-hydrogen) atoms. The van der Waals surface area contributed by atoms with Crippen LogP contribution in [0.2, 0.25) is 0 Å². The third kappa shape index (κ3) is 4.07. The summed E-state index contributed by atoms with van der Waals surface area (Å²) in [5.74, 6) is 1.12. The average molecular weight is 128 g/mol. The molecule has 0 aliphatic carbocycles. The Morgan fingerprint density at radius 3 is 2.33 bits per heavy atom. The van der Waals surface area contributed by atoms with Gasteiger partial charge < -0.3 is 4.74 Å². The van der Waals surface area contributed by atoms with Gasteiger partial charge in [-0.15, -0.1) is 0 Å². The van der Waals surface area contributed by atoms with E-state index in [-0.39, 0.29) is 0 Å². The Kier molecular flexibility index (Phi) is 5.38. The molecule has 0 aliphatic heterocycles. The van der Waals surface area contributed by atoms with E-state index in [9.17, 15) is 0 Å². The van der Waals surface area contributed by atoms with Crippen molar-refractivity contribution < 1.29 is 4.74 Å². The summed E-state index contributed by atoms with van der Waals surface area (Å²) in [5, 5.41) is 0. The van der Waals surface area contributed by atoms with Gasteiger partial charge in [0.1, 0.15) is 0 Å². The highest BCUT2D eigenvalue weighted by atomic mass is 16.5. The second kappa shape index (κ2) is 5.67. The summed E-state index contributed by atoms with van der Waals surface area (Å²) >= 11 is 0. The quantitative estimate of drug-likeness (QED) is 0.529. The molecule has 54 valence electrons. The third-order valence-electron chi connectivity index (χ3n) is 1.11. The monoisotopic (exact) mass is 128 g/mol. The highest BCUT2D eigenvalue weighted by Gasteiger charge is 1.88. The first-order valence-corrected chi connectivity index (χ1v) is 3.66. The second-order valence-corrected chi connectivity index (χ2v) is 1.87. The van der Waals surface area contributed by atoms with Gasteiger partial charge in [-0.05, 0) is 19.4 Å². The molecule has 0 unspecified atom stereocenters. The van der Waals surface area contributed by atoms with Crippen molar-refractivity contribution in [2.45, 2.75) is 33.6 Å². The van der Waals surface area contributed by atoms with Crippen molar-refractivity contribution in [1.29, 1.82) is 0 Å². The van der Waals surface area contributed by atoms with Crippen molar-refractivity contribution in [2.75, 3.05) is 6.61 Å². The maximum Gasteiger partial charge on any atom is 0.0916 e. The maximum atomic E-state index is 5.29. The Labute approximate surface area is 57.7 Å². The van der Waals surface area contributed by atoms with Gasteiger partial charge in [-0.1, -0.05) is 13.8 Å². The van der Waals surface area contributed by atoms with Crippen molar-refractivity contribution in [2.24, 2.45) is 0 Å². The molecule has 0 bridgehead atoms. The van der Waals surface area contributed by atoms with Gasteiger partial charge in [0.05, 0.1) is 12.4 Å². The minimum absolute atomic E-state index is 0.791. The van der Waals surface area contributed by atoms with Gasteiger partial charge in [-0.25, -0.2) is 0 Å². The van der Waals surface area contributed by atoms with Gasteiger partial charge in [0.15, 0.2) is 0 Å². The third-order valence-corrected chi connectivity index (χ3v) is 1.11. The van der Waals surface area contributed by atoms with Crippen LogP contribution >= 0.6 is 0 Å². The van der Waals surface area contributed by atoms with E-state index in [1.807, 2.05) is 6.92 Å². The van der Waals surface area contributed by atoms with Crippen LogP contribution in [0.15, 0.2) is 11.8 Å².